The minimum absolute atomic E-state index is 0.0207. The number of piperazine rings is 1. The molecule has 146 valence electrons. The van der Waals surface area contributed by atoms with Crippen LogP contribution in [0.3, 0.4) is 0 Å². The molecular weight excluding hydrogens is 360 g/mol. The number of nitrogens with zero attached hydrogens (tertiary/aromatic N) is 4. The normalized spacial score (nSPS) is 16.3. The molecule has 0 atom stereocenters. The lowest BCUT2D eigenvalue weighted by atomic mass is 10.1. The second kappa shape index (κ2) is 8.16. The Kier molecular flexibility index (Phi) is 5.27. The first-order valence-corrected chi connectivity index (χ1v) is 9.20. The highest BCUT2D eigenvalue weighted by Crippen LogP contribution is 2.40. The van der Waals surface area contributed by atoms with E-state index in [0.717, 1.165) is 24.5 Å². The predicted molar refractivity (Wildman–Crippen MR) is 104 cm³/mol. The zero-order valence-corrected chi connectivity index (χ0v) is 15.7. The molecule has 3 heterocycles. The summed E-state index contributed by atoms with van der Waals surface area (Å²) in [6, 6.07) is 3.69. The van der Waals surface area contributed by atoms with Crippen molar-refractivity contribution in [3.63, 3.8) is 0 Å². The molecule has 1 amide bonds. The summed E-state index contributed by atoms with van der Waals surface area (Å²) < 4.78 is 16.6. The fourth-order valence-electron chi connectivity index (χ4n) is 3.27. The van der Waals surface area contributed by atoms with Crippen molar-refractivity contribution in [3.05, 3.63) is 42.4 Å². The molecule has 4 rings (SSSR count). The van der Waals surface area contributed by atoms with Crippen LogP contribution in [0.2, 0.25) is 0 Å². The highest BCUT2D eigenvalue weighted by molar-refractivity contribution is 5.92. The highest BCUT2D eigenvalue weighted by atomic mass is 16.6. The fraction of sp³-hybridized carbons (Fsp3) is 0.350. The van der Waals surface area contributed by atoms with Crippen LogP contribution in [0.1, 0.15) is 5.56 Å². The van der Waals surface area contributed by atoms with Gasteiger partial charge in [-0.05, 0) is 23.8 Å². The van der Waals surface area contributed by atoms with E-state index in [1.807, 2.05) is 17.0 Å². The molecule has 0 radical (unpaired) electrons. The summed E-state index contributed by atoms with van der Waals surface area (Å²) in [6.07, 6.45) is 8.44. The summed E-state index contributed by atoms with van der Waals surface area (Å²) in [6.45, 7) is 3.75. The maximum Gasteiger partial charge on any atom is 0.246 e. The molecule has 2 aliphatic rings. The summed E-state index contributed by atoms with van der Waals surface area (Å²) in [7, 11) is 1.59. The first-order chi connectivity index (χ1) is 13.7. The van der Waals surface area contributed by atoms with E-state index >= 15 is 0 Å². The third kappa shape index (κ3) is 3.85. The van der Waals surface area contributed by atoms with Crippen molar-refractivity contribution in [1.29, 1.82) is 0 Å². The van der Waals surface area contributed by atoms with Crippen molar-refractivity contribution in [1.82, 2.24) is 14.9 Å². The van der Waals surface area contributed by atoms with E-state index in [2.05, 4.69) is 14.9 Å². The van der Waals surface area contributed by atoms with Crippen LogP contribution in [-0.2, 0) is 4.79 Å². The summed E-state index contributed by atoms with van der Waals surface area (Å²) in [4.78, 5) is 24.9. The Morgan fingerprint density at radius 2 is 1.96 bits per heavy atom. The zero-order valence-electron chi connectivity index (χ0n) is 15.7. The van der Waals surface area contributed by atoms with Crippen LogP contribution in [-0.4, -0.2) is 67.3 Å². The van der Waals surface area contributed by atoms with Gasteiger partial charge in [0.15, 0.2) is 11.5 Å². The molecular formula is C20H22N4O4. The van der Waals surface area contributed by atoms with Gasteiger partial charge in [0.2, 0.25) is 11.7 Å². The van der Waals surface area contributed by atoms with Crippen LogP contribution < -0.4 is 19.1 Å². The Balaban J connectivity index is 1.39. The topological polar surface area (TPSA) is 77.0 Å². The van der Waals surface area contributed by atoms with Crippen molar-refractivity contribution in [2.24, 2.45) is 0 Å². The molecule has 1 saturated heterocycles. The number of aromatic nitrogens is 2. The molecule has 8 heteroatoms. The van der Waals surface area contributed by atoms with Gasteiger partial charge in [0.05, 0.1) is 13.3 Å². The molecule has 0 saturated carbocycles. The van der Waals surface area contributed by atoms with Gasteiger partial charge in [-0.1, -0.05) is 0 Å². The average Bonchev–Trinajstić information content (AvgIpc) is 2.77. The number of benzene rings is 1. The van der Waals surface area contributed by atoms with Gasteiger partial charge in [0.1, 0.15) is 19.0 Å². The molecule has 0 N–H and O–H groups in total. The molecule has 1 fully saturated rings. The van der Waals surface area contributed by atoms with Gasteiger partial charge in [-0.2, -0.15) is 0 Å². The van der Waals surface area contributed by atoms with E-state index in [1.165, 1.54) is 0 Å². The molecule has 0 unspecified atom stereocenters. The van der Waals surface area contributed by atoms with E-state index < -0.39 is 0 Å². The van der Waals surface area contributed by atoms with Crippen molar-refractivity contribution < 1.29 is 19.0 Å². The average molecular weight is 382 g/mol. The van der Waals surface area contributed by atoms with Gasteiger partial charge in [0.25, 0.3) is 0 Å². The second-order valence-corrected chi connectivity index (χ2v) is 6.46. The van der Waals surface area contributed by atoms with Crippen LogP contribution in [0.25, 0.3) is 6.08 Å². The van der Waals surface area contributed by atoms with Crippen LogP contribution in [0.15, 0.2) is 36.8 Å². The monoisotopic (exact) mass is 382 g/mol. The number of carbonyl (C=O) groups is 1. The molecule has 1 aromatic heterocycles. The predicted octanol–water partition coefficient (Wildman–Crippen LogP) is 1.62. The van der Waals surface area contributed by atoms with Gasteiger partial charge >= 0.3 is 0 Å². The Hall–Kier alpha value is -3.29. The molecule has 28 heavy (non-hydrogen) atoms. The zero-order chi connectivity index (χ0) is 19.3. The van der Waals surface area contributed by atoms with E-state index in [0.29, 0.717) is 43.6 Å². The van der Waals surface area contributed by atoms with Gasteiger partial charge in [-0.3, -0.25) is 9.78 Å². The van der Waals surface area contributed by atoms with Crippen molar-refractivity contribution in [2.45, 2.75) is 0 Å². The number of carbonyl (C=O) groups excluding carboxylic acids is 1. The van der Waals surface area contributed by atoms with Crippen molar-refractivity contribution in [2.75, 3.05) is 51.4 Å². The molecule has 1 aromatic carbocycles. The lowest BCUT2D eigenvalue weighted by molar-refractivity contribution is -0.126. The van der Waals surface area contributed by atoms with Gasteiger partial charge in [-0.25, -0.2) is 4.98 Å². The fourth-order valence-corrected chi connectivity index (χ4v) is 3.27. The Labute approximate surface area is 163 Å². The SMILES string of the molecule is COc1cc(/C=C/C(=O)N2CCN(c3cnccn3)CC2)cc2c1OCCO2. The van der Waals surface area contributed by atoms with E-state index in [4.69, 9.17) is 14.2 Å². The second-order valence-electron chi connectivity index (χ2n) is 6.46. The van der Waals surface area contributed by atoms with Crippen molar-refractivity contribution in [3.8, 4) is 17.2 Å². The van der Waals surface area contributed by atoms with Crippen LogP contribution in [0, 0.1) is 0 Å². The van der Waals surface area contributed by atoms with Gasteiger partial charge in [-0.15, -0.1) is 0 Å². The molecule has 0 bridgehead atoms. The third-order valence-electron chi connectivity index (χ3n) is 4.73. The molecule has 8 nitrogen and oxygen atoms in total. The quantitative estimate of drug-likeness (QED) is 0.744. The summed E-state index contributed by atoms with van der Waals surface area (Å²) >= 11 is 0. The van der Waals surface area contributed by atoms with Crippen LogP contribution in [0.5, 0.6) is 17.2 Å². The number of hydrogen-bond acceptors (Lipinski definition) is 7. The van der Waals surface area contributed by atoms with E-state index in [1.54, 1.807) is 37.9 Å². The number of hydrogen-bond donors (Lipinski definition) is 0. The van der Waals surface area contributed by atoms with Gasteiger partial charge < -0.3 is 24.0 Å². The third-order valence-corrected chi connectivity index (χ3v) is 4.73. The maximum absolute atomic E-state index is 12.6. The number of anilines is 1. The van der Waals surface area contributed by atoms with Crippen LogP contribution >= 0.6 is 0 Å². The lowest BCUT2D eigenvalue weighted by Gasteiger charge is -2.34. The summed E-state index contributed by atoms with van der Waals surface area (Å²) in [5.74, 6) is 2.66. The maximum atomic E-state index is 12.6. The number of amides is 1. The van der Waals surface area contributed by atoms with Crippen molar-refractivity contribution >= 4 is 17.8 Å². The molecule has 2 aromatic rings. The Morgan fingerprint density at radius 1 is 1.14 bits per heavy atom. The standard InChI is InChI=1S/C20H22N4O4/c1-26-16-12-15(13-17-20(16)28-11-10-27-17)2-3-19(25)24-8-6-23(7-9-24)18-14-21-4-5-22-18/h2-5,12-14H,6-11H2,1H3/b3-2+. The molecule has 0 aliphatic carbocycles. The molecule has 2 aliphatic heterocycles. The smallest absolute Gasteiger partial charge is 0.246 e. The highest BCUT2D eigenvalue weighted by Gasteiger charge is 2.21. The van der Waals surface area contributed by atoms with E-state index in [9.17, 15) is 4.79 Å². The largest absolute Gasteiger partial charge is 0.493 e. The minimum Gasteiger partial charge on any atom is -0.493 e. The number of ether oxygens (including phenoxy) is 3. The number of rotatable bonds is 4. The minimum atomic E-state index is -0.0207. The summed E-state index contributed by atoms with van der Waals surface area (Å²) in [5, 5.41) is 0. The molecule has 0 spiro atoms. The first kappa shape index (κ1) is 18.1. The summed E-state index contributed by atoms with van der Waals surface area (Å²) in [5.41, 5.74) is 0.827. The number of fused-ring (bicyclic) bond motifs is 1. The number of methoxy groups -OCH3 is 1. The van der Waals surface area contributed by atoms with Crippen LogP contribution in [0.4, 0.5) is 5.82 Å². The lowest BCUT2D eigenvalue weighted by Crippen LogP contribution is -2.48. The Morgan fingerprint density at radius 3 is 2.71 bits per heavy atom. The van der Waals surface area contributed by atoms with E-state index in [-0.39, 0.29) is 5.91 Å². The Bertz CT molecular complexity index is 847. The van der Waals surface area contributed by atoms with Gasteiger partial charge in [0, 0.05) is 44.6 Å². The first-order valence-electron chi connectivity index (χ1n) is 9.20.